The van der Waals surface area contributed by atoms with Crippen LogP contribution in [0.5, 0.6) is 5.88 Å². The van der Waals surface area contributed by atoms with Crippen molar-refractivity contribution in [1.29, 1.82) is 5.26 Å². The fourth-order valence-corrected chi connectivity index (χ4v) is 4.40. The number of nitriles is 1. The monoisotopic (exact) mass is 508 g/mol. The van der Waals surface area contributed by atoms with Crippen molar-refractivity contribution in [3.05, 3.63) is 64.3 Å². The highest BCUT2D eigenvalue weighted by molar-refractivity contribution is 7.90. The van der Waals surface area contributed by atoms with Gasteiger partial charge in [0.2, 0.25) is 19.0 Å². The summed E-state index contributed by atoms with van der Waals surface area (Å²) >= 11 is 0. The Hall–Kier alpha value is -4.80. The average Bonchev–Trinajstić information content (AvgIpc) is 3.39. The smallest absolute Gasteiger partial charge is 0.417 e. The first-order chi connectivity index (χ1) is 17.2. The van der Waals surface area contributed by atoms with E-state index in [0.717, 1.165) is 18.3 Å². The molecule has 2 heterocycles. The van der Waals surface area contributed by atoms with Crippen molar-refractivity contribution in [3.63, 3.8) is 0 Å². The lowest BCUT2D eigenvalue weighted by Gasteiger charge is -2.18. The predicted octanol–water partition coefficient (Wildman–Crippen LogP) is 2.64. The largest absolute Gasteiger partial charge is 0.465 e. The molecular weight excluding hydrogens is 488 g/mol. The zero-order valence-corrected chi connectivity index (χ0v) is 20.1. The lowest BCUT2D eigenvalue weighted by atomic mass is 10.2. The van der Waals surface area contributed by atoms with Gasteiger partial charge in [-0.3, -0.25) is 9.30 Å². The third-order valence-electron chi connectivity index (χ3n) is 5.12. The number of H-pyrrole nitrogens is 1. The van der Waals surface area contributed by atoms with Crippen molar-refractivity contribution in [2.75, 3.05) is 39.5 Å². The summed E-state index contributed by atoms with van der Waals surface area (Å²) in [4.78, 5) is 36.0. The lowest BCUT2D eigenvalue weighted by molar-refractivity contribution is 0.0596. The van der Waals surface area contributed by atoms with Crippen LogP contribution < -0.4 is 4.74 Å². The molecule has 36 heavy (non-hydrogen) atoms. The molecule has 1 aromatic carbocycles. The van der Waals surface area contributed by atoms with Crippen LogP contribution in [0.2, 0.25) is 0 Å². The topological polar surface area (TPSA) is 143 Å². The van der Waals surface area contributed by atoms with Crippen molar-refractivity contribution in [2.45, 2.75) is 5.03 Å². The van der Waals surface area contributed by atoms with E-state index in [-0.39, 0.29) is 53.7 Å². The van der Waals surface area contributed by atoms with E-state index in [1.54, 1.807) is 30.3 Å². The Morgan fingerprint density at radius 1 is 1.17 bits per heavy atom. The molecule has 0 unspecified atom stereocenters. The highest BCUT2D eigenvalue weighted by Crippen LogP contribution is 2.38. The molecular formula is C23H20N6O6S. The van der Waals surface area contributed by atoms with Gasteiger partial charge in [-0.1, -0.05) is 30.3 Å². The summed E-state index contributed by atoms with van der Waals surface area (Å²) in [5, 5.41) is 9.61. The number of sulfone groups is 1. The maximum Gasteiger partial charge on any atom is 0.417 e. The van der Waals surface area contributed by atoms with Crippen molar-refractivity contribution in [3.8, 4) is 23.2 Å². The number of aromatic amines is 1. The predicted molar refractivity (Wildman–Crippen MR) is 127 cm³/mol. The van der Waals surface area contributed by atoms with Crippen LogP contribution in [-0.2, 0) is 14.6 Å². The number of amides is 1. The van der Waals surface area contributed by atoms with Gasteiger partial charge in [-0.25, -0.2) is 31.2 Å². The number of methoxy groups -OCH3 is 1. The van der Waals surface area contributed by atoms with Crippen LogP contribution >= 0.6 is 0 Å². The zero-order chi connectivity index (χ0) is 26.5. The van der Waals surface area contributed by atoms with Gasteiger partial charge in [0, 0.05) is 11.8 Å². The van der Waals surface area contributed by atoms with E-state index in [0.29, 0.717) is 5.56 Å². The van der Waals surface area contributed by atoms with Gasteiger partial charge in [0.25, 0.3) is 0 Å². The molecule has 0 aliphatic heterocycles. The molecule has 0 radical (unpaired) electrons. The third kappa shape index (κ3) is 4.85. The molecule has 0 saturated carbocycles. The van der Waals surface area contributed by atoms with Crippen LogP contribution in [-0.4, -0.2) is 74.3 Å². The number of esters is 1. The van der Waals surface area contributed by atoms with E-state index in [1.165, 1.54) is 4.40 Å². The van der Waals surface area contributed by atoms with E-state index in [4.69, 9.17) is 22.6 Å². The SMILES string of the molecule is [C-]#[N+]CCN(CC[N+]#[C-])C(=O)Oc1c(C(=O)OC)c(C#N)c2[nH]c(S(C)(=O)=O)c(-c3ccccc3)n12. The van der Waals surface area contributed by atoms with Crippen LogP contribution in [0.4, 0.5) is 4.79 Å². The fraction of sp³-hybridized carbons (Fsp3) is 0.261. The number of nitrogens with zero attached hydrogens (tertiary/aromatic N) is 5. The lowest BCUT2D eigenvalue weighted by Crippen LogP contribution is -2.37. The van der Waals surface area contributed by atoms with E-state index in [9.17, 15) is 23.3 Å². The van der Waals surface area contributed by atoms with E-state index in [1.807, 2.05) is 6.07 Å². The van der Waals surface area contributed by atoms with E-state index in [2.05, 4.69) is 14.7 Å². The van der Waals surface area contributed by atoms with Gasteiger partial charge >= 0.3 is 12.1 Å². The molecule has 0 saturated heterocycles. The van der Waals surface area contributed by atoms with Crippen molar-refractivity contribution in [2.24, 2.45) is 0 Å². The third-order valence-corrected chi connectivity index (χ3v) is 6.16. The quantitative estimate of drug-likeness (QED) is 0.364. The van der Waals surface area contributed by atoms with Crippen LogP contribution in [0.25, 0.3) is 26.6 Å². The average molecular weight is 509 g/mol. The highest BCUT2D eigenvalue weighted by Gasteiger charge is 2.35. The number of carbonyl (C=O) groups excluding carboxylic acids is 2. The summed E-state index contributed by atoms with van der Waals surface area (Å²) in [6, 6.07) is 10.1. The first kappa shape index (κ1) is 25.8. The summed E-state index contributed by atoms with van der Waals surface area (Å²) in [7, 11) is -2.80. The van der Waals surface area contributed by atoms with Gasteiger partial charge < -0.3 is 24.1 Å². The molecule has 0 bridgehead atoms. The molecule has 1 amide bonds. The number of benzene rings is 1. The Labute approximate surface area is 206 Å². The number of hydrogen-bond acceptors (Lipinski definition) is 7. The number of rotatable bonds is 8. The second kappa shape index (κ2) is 10.6. The van der Waals surface area contributed by atoms with Crippen molar-refractivity contribution < 1.29 is 27.5 Å². The maximum absolute atomic E-state index is 13.1. The first-order valence-corrected chi connectivity index (χ1v) is 12.3. The molecule has 3 rings (SSSR count). The summed E-state index contributed by atoms with van der Waals surface area (Å²) in [6.07, 6.45) is -0.0161. The van der Waals surface area contributed by atoms with Gasteiger partial charge in [0.15, 0.2) is 14.9 Å². The Bertz CT molecular complexity index is 1530. The van der Waals surface area contributed by atoms with Gasteiger partial charge in [-0.2, -0.15) is 5.26 Å². The minimum atomic E-state index is -3.88. The number of aromatic nitrogens is 2. The number of ether oxygens (including phenoxy) is 2. The molecule has 12 nitrogen and oxygen atoms in total. The second-order valence-corrected chi connectivity index (χ2v) is 9.35. The van der Waals surface area contributed by atoms with Gasteiger partial charge in [-0.05, 0) is 0 Å². The van der Waals surface area contributed by atoms with E-state index >= 15 is 0 Å². The van der Waals surface area contributed by atoms with E-state index < -0.39 is 27.8 Å². The molecule has 0 spiro atoms. The molecule has 0 aliphatic rings. The normalized spacial score (nSPS) is 10.8. The number of hydrogen-bond donors (Lipinski definition) is 1. The summed E-state index contributed by atoms with van der Waals surface area (Å²) in [5.41, 5.74) is -0.321. The zero-order valence-electron chi connectivity index (χ0n) is 19.3. The Kier molecular flexibility index (Phi) is 7.63. The van der Waals surface area contributed by atoms with Gasteiger partial charge in [-0.15, -0.1) is 0 Å². The van der Waals surface area contributed by atoms with Gasteiger partial charge in [0.05, 0.1) is 25.9 Å². The molecule has 184 valence electrons. The van der Waals surface area contributed by atoms with Crippen LogP contribution in [0, 0.1) is 24.5 Å². The fourth-order valence-electron chi connectivity index (χ4n) is 3.56. The first-order valence-electron chi connectivity index (χ1n) is 10.4. The number of fused-ring (bicyclic) bond motifs is 1. The molecule has 0 aliphatic carbocycles. The maximum atomic E-state index is 13.1. The molecule has 3 aromatic rings. The van der Waals surface area contributed by atoms with Crippen LogP contribution in [0.1, 0.15) is 15.9 Å². The standard InChI is InChI=1S/C23H20N6O6S/c1-25-10-12-28(13-11-26-2)23(31)35-21-17(22(30)34-3)16(14-24)19-27-20(36(4,32)33)18(29(19)21)15-8-6-5-7-9-15/h5-9,27H,10-13H2,3-4H3. The van der Waals surface area contributed by atoms with Gasteiger partial charge in [0.1, 0.15) is 22.8 Å². The van der Waals surface area contributed by atoms with Crippen molar-refractivity contribution >= 4 is 27.5 Å². The Morgan fingerprint density at radius 2 is 1.78 bits per heavy atom. The number of nitrogens with one attached hydrogen (secondary N) is 1. The Balaban J connectivity index is 2.36. The molecule has 2 aromatic heterocycles. The highest BCUT2D eigenvalue weighted by atomic mass is 32.2. The summed E-state index contributed by atoms with van der Waals surface area (Å²) in [5.74, 6) is -1.42. The van der Waals surface area contributed by atoms with Crippen molar-refractivity contribution in [1.82, 2.24) is 14.3 Å². The number of carbonyl (C=O) groups is 2. The minimum Gasteiger partial charge on any atom is -0.465 e. The molecule has 0 atom stereocenters. The minimum absolute atomic E-state index is 0.0384. The van der Waals surface area contributed by atoms with Crippen LogP contribution in [0.3, 0.4) is 0 Å². The summed E-state index contributed by atoms with van der Waals surface area (Å²) in [6.45, 7) is 13.8. The number of imidazole rings is 1. The Morgan fingerprint density at radius 3 is 2.28 bits per heavy atom. The van der Waals surface area contributed by atoms with Crippen LogP contribution in [0.15, 0.2) is 35.4 Å². The summed E-state index contributed by atoms with van der Waals surface area (Å²) < 4.78 is 36.9. The molecule has 1 N–H and O–H groups in total. The molecule has 0 fully saturated rings. The second-order valence-electron chi connectivity index (χ2n) is 7.40. The molecule has 13 heteroatoms.